The number of rotatable bonds is 9. The van der Waals surface area contributed by atoms with Crippen molar-refractivity contribution in [3.63, 3.8) is 0 Å². The first-order chi connectivity index (χ1) is 12.5. The summed E-state index contributed by atoms with van der Waals surface area (Å²) in [6.07, 6.45) is 3.77. The van der Waals surface area contributed by atoms with Gasteiger partial charge in [0.1, 0.15) is 5.25 Å². The Hall–Kier alpha value is -2.19. The number of amides is 1. The molecule has 1 fully saturated rings. The SMILES string of the molecule is CCCCN(C)Cc1ccc(C=NN=C2NC(=O)C(CC(=O)O)S2)cc1. The van der Waals surface area contributed by atoms with Gasteiger partial charge in [0.25, 0.3) is 0 Å². The maximum absolute atomic E-state index is 11.6. The van der Waals surface area contributed by atoms with Gasteiger partial charge in [0, 0.05) is 6.54 Å². The second-order valence-electron chi connectivity index (χ2n) is 6.18. The van der Waals surface area contributed by atoms with E-state index in [-0.39, 0.29) is 12.3 Å². The molecule has 26 heavy (non-hydrogen) atoms. The second-order valence-corrected chi connectivity index (χ2v) is 7.37. The average Bonchev–Trinajstić information content (AvgIpc) is 2.93. The maximum Gasteiger partial charge on any atom is 0.305 e. The Kier molecular flexibility index (Phi) is 7.80. The van der Waals surface area contributed by atoms with Gasteiger partial charge in [-0.25, -0.2) is 0 Å². The van der Waals surface area contributed by atoms with Gasteiger partial charge in [-0.15, -0.1) is 5.10 Å². The lowest BCUT2D eigenvalue weighted by Crippen LogP contribution is -2.26. The zero-order valence-corrected chi connectivity index (χ0v) is 15.8. The van der Waals surface area contributed by atoms with E-state index in [1.165, 1.54) is 18.4 Å². The van der Waals surface area contributed by atoms with Crippen LogP contribution in [0.5, 0.6) is 0 Å². The molecule has 0 radical (unpaired) electrons. The predicted molar refractivity (Wildman–Crippen MR) is 104 cm³/mol. The lowest BCUT2D eigenvalue weighted by molar-refractivity contribution is -0.138. The Morgan fingerprint density at radius 2 is 2.12 bits per heavy atom. The van der Waals surface area contributed by atoms with Crippen LogP contribution in [-0.4, -0.2) is 52.1 Å². The fraction of sp³-hybridized carbons (Fsp3) is 0.444. The number of nitrogens with zero attached hydrogens (tertiary/aromatic N) is 3. The number of hydrogen-bond donors (Lipinski definition) is 2. The molecule has 1 amide bonds. The van der Waals surface area contributed by atoms with Crippen molar-refractivity contribution in [1.29, 1.82) is 0 Å². The highest BCUT2D eigenvalue weighted by Gasteiger charge is 2.32. The fourth-order valence-electron chi connectivity index (χ4n) is 2.42. The number of hydrogen-bond acceptors (Lipinski definition) is 6. The van der Waals surface area contributed by atoms with Gasteiger partial charge in [0.05, 0.1) is 12.6 Å². The molecule has 2 rings (SSSR count). The van der Waals surface area contributed by atoms with Gasteiger partial charge in [-0.3, -0.25) is 9.59 Å². The van der Waals surface area contributed by atoms with Gasteiger partial charge in [-0.2, -0.15) is 5.10 Å². The standard InChI is InChI=1S/C18H24N4O3S/c1-3-4-9-22(2)12-14-7-5-13(6-8-14)11-19-21-18-20-17(25)15(26-18)10-16(23)24/h5-8,11,15H,3-4,9-10,12H2,1-2H3,(H,23,24)(H,20,21,25). The minimum Gasteiger partial charge on any atom is -0.481 e. The smallest absolute Gasteiger partial charge is 0.305 e. The molecule has 0 saturated carbocycles. The summed E-state index contributed by atoms with van der Waals surface area (Å²) in [5.41, 5.74) is 2.15. The van der Waals surface area contributed by atoms with E-state index in [1.54, 1.807) is 6.21 Å². The molecule has 140 valence electrons. The van der Waals surface area contributed by atoms with E-state index in [0.717, 1.165) is 30.4 Å². The van der Waals surface area contributed by atoms with E-state index >= 15 is 0 Å². The van der Waals surface area contributed by atoms with E-state index in [4.69, 9.17) is 5.11 Å². The summed E-state index contributed by atoms with van der Waals surface area (Å²) in [7, 11) is 2.12. The number of thioether (sulfide) groups is 1. The van der Waals surface area contributed by atoms with Crippen LogP contribution in [0.2, 0.25) is 0 Å². The topological polar surface area (TPSA) is 94.4 Å². The lowest BCUT2D eigenvalue weighted by Gasteiger charge is -2.16. The summed E-state index contributed by atoms with van der Waals surface area (Å²) in [5.74, 6) is -1.36. The third-order valence-corrected chi connectivity index (χ3v) is 4.89. The minimum absolute atomic E-state index is 0.229. The molecular weight excluding hydrogens is 352 g/mol. The molecule has 8 heteroatoms. The average molecular weight is 376 g/mol. The number of nitrogens with one attached hydrogen (secondary N) is 1. The van der Waals surface area contributed by atoms with Gasteiger partial charge >= 0.3 is 5.97 Å². The van der Waals surface area contributed by atoms with Crippen molar-refractivity contribution in [2.24, 2.45) is 10.2 Å². The van der Waals surface area contributed by atoms with Gasteiger partial charge in [-0.05, 0) is 31.1 Å². The van der Waals surface area contributed by atoms with Crippen molar-refractivity contribution < 1.29 is 14.7 Å². The zero-order chi connectivity index (χ0) is 18.9. The molecule has 2 N–H and O–H groups in total. The zero-order valence-electron chi connectivity index (χ0n) is 15.0. The minimum atomic E-state index is -1.01. The normalized spacial score (nSPS) is 18.8. The van der Waals surface area contributed by atoms with Gasteiger partial charge < -0.3 is 15.3 Å². The molecule has 0 aliphatic carbocycles. The van der Waals surface area contributed by atoms with E-state index in [1.807, 2.05) is 12.1 Å². The molecule has 1 aromatic carbocycles. The predicted octanol–water partition coefficient (Wildman–Crippen LogP) is 2.31. The van der Waals surface area contributed by atoms with E-state index in [9.17, 15) is 9.59 Å². The molecule has 1 saturated heterocycles. The van der Waals surface area contributed by atoms with Crippen LogP contribution in [0.25, 0.3) is 0 Å². The highest BCUT2D eigenvalue weighted by Crippen LogP contribution is 2.22. The molecule has 0 spiro atoms. The summed E-state index contributed by atoms with van der Waals surface area (Å²) >= 11 is 1.09. The van der Waals surface area contributed by atoms with Crippen LogP contribution >= 0.6 is 11.8 Å². The van der Waals surface area contributed by atoms with Crippen LogP contribution in [0.3, 0.4) is 0 Å². The van der Waals surface area contributed by atoms with Crippen LogP contribution in [0.1, 0.15) is 37.3 Å². The number of carbonyl (C=O) groups is 2. The molecule has 0 bridgehead atoms. The number of carboxylic acids is 1. The molecule has 0 aromatic heterocycles. The van der Waals surface area contributed by atoms with Gasteiger partial charge in [0.2, 0.25) is 5.91 Å². The molecule has 7 nitrogen and oxygen atoms in total. The Morgan fingerprint density at radius 1 is 1.38 bits per heavy atom. The number of benzene rings is 1. The Morgan fingerprint density at radius 3 is 2.77 bits per heavy atom. The maximum atomic E-state index is 11.6. The highest BCUT2D eigenvalue weighted by atomic mass is 32.2. The lowest BCUT2D eigenvalue weighted by atomic mass is 10.1. The molecule has 1 aliphatic rings. The number of unbranched alkanes of at least 4 members (excludes halogenated alkanes) is 1. The number of aliphatic carboxylic acids is 1. The highest BCUT2D eigenvalue weighted by molar-refractivity contribution is 8.15. The third-order valence-electron chi connectivity index (χ3n) is 3.82. The molecule has 1 aliphatic heterocycles. The van der Waals surface area contributed by atoms with Crippen LogP contribution in [0.15, 0.2) is 34.5 Å². The van der Waals surface area contributed by atoms with Crippen LogP contribution < -0.4 is 5.32 Å². The molecule has 1 heterocycles. The van der Waals surface area contributed by atoms with Crippen LogP contribution in [0, 0.1) is 0 Å². The van der Waals surface area contributed by atoms with Crippen molar-refractivity contribution in [2.45, 2.75) is 38.0 Å². The Balaban J connectivity index is 1.87. The monoisotopic (exact) mass is 376 g/mol. The summed E-state index contributed by atoms with van der Waals surface area (Å²) in [4.78, 5) is 24.6. The Bertz CT molecular complexity index is 688. The largest absolute Gasteiger partial charge is 0.481 e. The number of carboxylic acid groups (broad SMARTS) is 1. The Labute approximate surface area is 157 Å². The van der Waals surface area contributed by atoms with E-state index < -0.39 is 11.2 Å². The number of amidine groups is 1. The second kappa shape index (κ2) is 10.1. The molecule has 1 aromatic rings. The first-order valence-electron chi connectivity index (χ1n) is 8.55. The third kappa shape index (κ3) is 6.61. The van der Waals surface area contributed by atoms with Crippen LogP contribution in [0.4, 0.5) is 0 Å². The van der Waals surface area contributed by atoms with Crippen LogP contribution in [-0.2, 0) is 16.1 Å². The van der Waals surface area contributed by atoms with E-state index in [0.29, 0.717) is 5.17 Å². The van der Waals surface area contributed by atoms with Crippen molar-refractivity contribution in [2.75, 3.05) is 13.6 Å². The number of carbonyl (C=O) groups excluding carboxylic acids is 1. The first-order valence-corrected chi connectivity index (χ1v) is 9.43. The van der Waals surface area contributed by atoms with Gasteiger partial charge in [0.15, 0.2) is 5.17 Å². The molecular formula is C18H24N4O3S. The summed E-state index contributed by atoms with van der Waals surface area (Å²) in [6.45, 7) is 4.18. The van der Waals surface area contributed by atoms with Crippen molar-refractivity contribution >= 4 is 35.0 Å². The first kappa shape index (κ1) is 20.1. The molecule has 1 unspecified atom stereocenters. The van der Waals surface area contributed by atoms with Crippen molar-refractivity contribution in [3.8, 4) is 0 Å². The molecule has 1 atom stereocenters. The van der Waals surface area contributed by atoms with Gasteiger partial charge in [-0.1, -0.05) is 49.4 Å². The van der Waals surface area contributed by atoms with Crippen molar-refractivity contribution in [1.82, 2.24) is 10.2 Å². The summed E-state index contributed by atoms with van der Waals surface area (Å²) in [5, 5.41) is 18.9. The summed E-state index contributed by atoms with van der Waals surface area (Å²) < 4.78 is 0. The quantitative estimate of drug-likeness (QED) is 0.509. The fourth-order valence-corrected chi connectivity index (χ4v) is 3.34. The van der Waals surface area contributed by atoms with Crippen molar-refractivity contribution in [3.05, 3.63) is 35.4 Å². The van der Waals surface area contributed by atoms with E-state index in [2.05, 4.69) is 46.5 Å². The summed E-state index contributed by atoms with van der Waals surface area (Å²) in [6, 6.07) is 8.07.